The lowest BCUT2D eigenvalue weighted by Gasteiger charge is -2.10. The van der Waals surface area contributed by atoms with Gasteiger partial charge in [-0.25, -0.2) is 0 Å². The summed E-state index contributed by atoms with van der Waals surface area (Å²) in [5, 5.41) is 4.64. The normalized spacial score (nSPS) is 13.0. The quantitative estimate of drug-likeness (QED) is 0.760. The van der Waals surface area contributed by atoms with E-state index in [1.54, 1.807) is 7.11 Å². The van der Waals surface area contributed by atoms with Crippen LogP contribution in [-0.4, -0.2) is 20.3 Å². The molecule has 1 aromatic carbocycles. The second kappa shape index (κ2) is 6.57. The highest BCUT2D eigenvalue weighted by molar-refractivity contribution is 5.77. The Morgan fingerprint density at radius 2 is 2.11 bits per heavy atom. The van der Waals surface area contributed by atoms with E-state index in [-0.39, 0.29) is 6.04 Å². The van der Waals surface area contributed by atoms with Gasteiger partial charge in [0.25, 0.3) is 0 Å². The third kappa shape index (κ3) is 3.34. The maximum Gasteiger partial charge on any atom is 0.134 e. The van der Waals surface area contributed by atoms with E-state index in [0.717, 1.165) is 37.3 Å². The summed E-state index contributed by atoms with van der Waals surface area (Å²) >= 11 is 0. The van der Waals surface area contributed by atoms with E-state index in [4.69, 9.17) is 9.15 Å². The molecule has 18 heavy (non-hydrogen) atoms. The Morgan fingerprint density at radius 3 is 2.89 bits per heavy atom. The first-order valence-electron chi connectivity index (χ1n) is 6.52. The maximum atomic E-state index is 5.82. The molecule has 1 N–H and O–H groups in total. The van der Waals surface area contributed by atoms with Gasteiger partial charge < -0.3 is 14.5 Å². The molecule has 3 heteroatoms. The summed E-state index contributed by atoms with van der Waals surface area (Å²) in [5.41, 5.74) is 0.959. The van der Waals surface area contributed by atoms with Crippen LogP contribution >= 0.6 is 0 Å². The largest absolute Gasteiger partial charge is 0.459 e. The Balaban J connectivity index is 1.86. The van der Waals surface area contributed by atoms with Crippen molar-refractivity contribution in [2.75, 3.05) is 20.3 Å². The number of unbranched alkanes of at least 4 members (excludes halogenated alkanes) is 1. The van der Waals surface area contributed by atoms with Crippen molar-refractivity contribution in [1.82, 2.24) is 5.32 Å². The third-order valence-corrected chi connectivity index (χ3v) is 3.10. The van der Waals surface area contributed by atoms with E-state index >= 15 is 0 Å². The molecule has 0 saturated heterocycles. The molecular formula is C15H21NO2. The number of furan rings is 1. The lowest BCUT2D eigenvalue weighted by atomic mass is 10.2. The fourth-order valence-corrected chi connectivity index (χ4v) is 2.01. The van der Waals surface area contributed by atoms with Crippen LogP contribution in [0.5, 0.6) is 0 Å². The molecule has 2 rings (SSSR count). The number of methoxy groups -OCH3 is 1. The summed E-state index contributed by atoms with van der Waals surface area (Å²) in [4.78, 5) is 0. The Morgan fingerprint density at radius 1 is 1.28 bits per heavy atom. The zero-order valence-corrected chi connectivity index (χ0v) is 11.1. The Bertz CT molecular complexity index is 445. The lowest BCUT2D eigenvalue weighted by molar-refractivity contribution is 0.192. The first-order chi connectivity index (χ1) is 8.81. The minimum atomic E-state index is 0.250. The van der Waals surface area contributed by atoms with Crippen LogP contribution < -0.4 is 5.32 Å². The van der Waals surface area contributed by atoms with E-state index in [2.05, 4.69) is 24.4 Å². The summed E-state index contributed by atoms with van der Waals surface area (Å²) in [5.74, 6) is 1.00. The van der Waals surface area contributed by atoms with E-state index in [1.165, 1.54) is 5.39 Å². The highest BCUT2D eigenvalue weighted by Crippen LogP contribution is 2.23. The summed E-state index contributed by atoms with van der Waals surface area (Å²) in [7, 11) is 1.74. The molecule has 0 saturated carbocycles. The second-order valence-corrected chi connectivity index (χ2v) is 4.56. The van der Waals surface area contributed by atoms with Gasteiger partial charge in [0.05, 0.1) is 6.04 Å². The molecule has 1 unspecified atom stereocenters. The summed E-state index contributed by atoms with van der Waals surface area (Å²) in [6, 6.07) is 10.5. The highest BCUT2D eigenvalue weighted by Gasteiger charge is 2.10. The van der Waals surface area contributed by atoms with E-state index in [1.807, 2.05) is 18.2 Å². The molecule has 2 aromatic rings. The fourth-order valence-electron chi connectivity index (χ4n) is 2.01. The SMILES string of the molecule is COCCCCNC(C)c1cc2ccccc2o1. The molecule has 0 amide bonds. The fraction of sp³-hybridized carbons (Fsp3) is 0.467. The molecular weight excluding hydrogens is 226 g/mol. The van der Waals surface area contributed by atoms with E-state index in [9.17, 15) is 0 Å². The number of hydrogen-bond acceptors (Lipinski definition) is 3. The molecule has 0 radical (unpaired) electrons. The average Bonchev–Trinajstić information content (AvgIpc) is 2.82. The van der Waals surface area contributed by atoms with Crippen LogP contribution in [0.2, 0.25) is 0 Å². The van der Waals surface area contributed by atoms with E-state index < -0.39 is 0 Å². The number of ether oxygens (including phenoxy) is 1. The van der Waals surface area contributed by atoms with Crippen molar-refractivity contribution in [3.63, 3.8) is 0 Å². The van der Waals surface area contributed by atoms with Crippen molar-refractivity contribution >= 4 is 11.0 Å². The number of nitrogens with one attached hydrogen (secondary N) is 1. The number of fused-ring (bicyclic) bond motifs is 1. The molecule has 1 atom stereocenters. The van der Waals surface area contributed by atoms with Crippen molar-refractivity contribution in [3.05, 3.63) is 36.1 Å². The molecule has 0 aliphatic heterocycles. The van der Waals surface area contributed by atoms with Crippen molar-refractivity contribution in [1.29, 1.82) is 0 Å². The molecule has 0 spiro atoms. The molecule has 1 aromatic heterocycles. The van der Waals surface area contributed by atoms with E-state index in [0.29, 0.717) is 0 Å². The molecule has 0 aliphatic carbocycles. The minimum Gasteiger partial charge on any atom is -0.459 e. The van der Waals surface area contributed by atoms with Gasteiger partial charge in [-0.2, -0.15) is 0 Å². The Labute approximate surface area is 108 Å². The molecule has 3 nitrogen and oxygen atoms in total. The number of para-hydroxylation sites is 1. The van der Waals surface area contributed by atoms with Gasteiger partial charge in [0.2, 0.25) is 0 Å². The first kappa shape index (κ1) is 13.1. The summed E-state index contributed by atoms with van der Waals surface area (Å²) < 4.78 is 10.8. The van der Waals surface area contributed by atoms with Gasteiger partial charge in [-0.05, 0) is 38.4 Å². The van der Waals surface area contributed by atoms with Gasteiger partial charge in [0, 0.05) is 19.1 Å². The van der Waals surface area contributed by atoms with Crippen molar-refractivity contribution in [3.8, 4) is 0 Å². The summed E-state index contributed by atoms with van der Waals surface area (Å²) in [6.07, 6.45) is 2.22. The second-order valence-electron chi connectivity index (χ2n) is 4.56. The van der Waals surface area contributed by atoms with Crippen LogP contribution in [-0.2, 0) is 4.74 Å². The zero-order chi connectivity index (χ0) is 12.8. The van der Waals surface area contributed by atoms with Crippen LogP contribution in [0.1, 0.15) is 31.6 Å². The molecule has 1 heterocycles. The molecule has 0 aliphatic rings. The average molecular weight is 247 g/mol. The molecule has 0 bridgehead atoms. The Kier molecular flexibility index (Phi) is 4.79. The predicted molar refractivity (Wildman–Crippen MR) is 73.7 cm³/mol. The van der Waals surface area contributed by atoms with Crippen LogP contribution in [0.3, 0.4) is 0 Å². The van der Waals surface area contributed by atoms with Gasteiger partial charge in [-0.3, -0.25) is 0 Å². The third-order valence-electron chi connectivity index (χ3n) is 3.10. The standard InChI is InChI=1S/C15H21NO2/c1-12(16-9-5-6-10-17-2)15-11-13-7-3-4-8-14(13)18-15/h3-4,7-8,11-12,16H,5-6,9-10H2,1-2H3. The van der Waals surface area contributed by atoms with Gasteiger partial charge in [0.1, 0.15) is 11.3 Å². The number of benzene rings is 1. The van der Waals surface area contributed by atoms with Gasteiger partial charge in [-0.1, -0.05) is 18.2 Å². The van der Waals surface area contributed by atoms with Gasteiger partial charge >= 0.3 is 0 Å². The van der Waals surface area contributed by atoms with Crippen molar-refractivity contribution < 1.29 is 9.15 Å². The molecule has 0 fully saturated rings. The van der Waals surface area contributed by atoms with Crippen molar-refractivity contribution in [2.24, 2.45) is 0 Å². The first-order valence-corrected chi connectivity index (χ1v) is 6.52. The minimum absolute atomic E-state index is 0.250. The maximum absolute atomic E-state index is 5.82. The predicted octanol–water partition coefficient (Wildman–Crippen LogP) is 3.51. The van der Waals surface area contributed by atoms with Crippen LogP contribution in [0, 0.1) is 0 Å². The number of hydrogen-bond donors (Lipinski definition) is 1. The zero-order valence-electron chi connectivity index (χ0n) is 11.1. The molecule has 98 valence electrons. The number of rotatable bonds is 7. The topological polar surface area (TPSA) is 34.4 Å². The summed E-state index contributed by atoms with van der Waals surface area (Å²) in [6.45, 7) is 3.95. The van der Waals surface area contributed by atoms with Crippen LogP contribution in [0.15, 0.2) is 34.7 Å². The van der Waals surface area contributed by atoms with Crippen LogP contribution in [0.25, 0.3) is 11.0 Å². The Hall–Kier alpha value is -1.32. The van der Waals surface area contributed by atoms with Crippen LogP contribution in [0.4, 0.5) is 0 Å². The lowest BCUT2D eigenvalue weighted by Crippen LogP contribution is -2.19. The monoisotopic (exact) mass is 247 g/mol. The smallest absolute Gasteiger partial charge is 0.134 e. The van der Waals surface area contributed by atoms with Crippen molar-refractivity contribution in [2.45, 2.75) is 25.8 Å². The van der Waals surface area contributed by atoms with Gasteiger partial charge in [0.15, 0.2) is 0 Å². The van der Waals surface area contributed by atoms with Gasteiger partial charge in [-0.15, -0.1) is 0 Å². The highest BCUT2D eigenvalue weighted by atomic mass is 16.5.